The lowest BCUT2D eigenvalue weighted by atomic mass is 9.81. The van der Waals surface area contributed by atoms with Gasteiger partial charge in [0.05, 0.1) is 39.4 Å². The molecule has 0 saturated heterocycles. The van der Waals surface area contributed by atoms with Gasteiger partial charge in [-0.3, -0.25) is 9.59 Å². The van der Waals surface area contributed by atoms with E-state index in [1.54, 1.807) is 38.0 Å². The van der Waals surface area contributed by atoms with Gasteiger partial charge in [0.2, 0.25) is 11.6 Å². The summed E-state index contributed by atoms with van der Waals surface area (Å²) in [6.07, 6.45) is 0. The highest BCUT2D eigenvalue weighted by molar-refractivity contribution is 7.80. The SMILES string of the molecule is C=C(Nc1ccc(O)c2c1C(=O)c1c(O)ccc(NC(=S)N(C)C)c1C2=O)N(C)C. The monoisotopic (exact) mass is 426 g/mol. The Morgan fingerprint density at radius 1 is 0.800 bits per heavy atom. The number of phenolic OH excluding ortho intramolecular Hbond substituents is 2. The molecule has 3 rings (SSSR count). The fraction of sp³-hybridized carbons (Fsp3) is 0.190. The van der Waals surface area contributed by atoms with Crippen molar-refractivity contribution in [2.75, 3.05) is 38.8 Å². The molecule has 0 aromatic heterocycles. The molecule has 4 N–H and O–H groups in total. The second kappa shape index (κ2) is 7.68. The van der Waals surface area contributed by atoms with Gasteiger partial charge in [0.15, 0.2) is 5.11 Å². The lowest BCUT2D eigenvalue weighted by Crippen LogP contribution is -2.30. The minimum absolute atomic E-state index is 0.0295. The van der Waals surface area contributed by atoms with E-state index in [0.29, 0.717) is 16.6 Å². The van der Waals surface area contributed by atoms with Crippen molar-refractivity contribution in [1.82, 2.24) is 9.80 Å². The lowest BCUT2D eigenvalue weighted by Gasteiger charge is -2.26. The molecule has 0 heterocycles. The van der Waals surface area contributed by atoms with Crippen LogP contribution in [0.2, 0.25) is 0 Å². The fourth-order valence-electron chi connectivity index (χ4n) is 3.07. The number of aromatic hydroxyl groups is 2. The van der Waals surface area contributed by atoms with E-state index in [9.17, 15) is 19.8 Å². The molecule has 156 valence electrons. The first-order valence-corrected chi connectivity index (χ1v) is 9.38. The van der Waals surface area contributed by atoms with Gasteiger partial charge in [0.1, 0.15) is 11.5 Å². The van der Waals surface area contributed by atoms with Crippen molar-refractivity contribution in [3.63, 3.8) is 0 Å². The largest absolute Gasteiger partial charge is 0.507 e. The van der Waals surface area contributed by atoms with E-state index in [4.69, 9.17) is 12.2 Å². The predicted octanol–water partition coefficient (Wildman–Crippen LogP) is 2.58. The minimum Gasteiger partial charge on any atom is -0.507 e. The maximum Gasteiger partial charge on any atom is 0.200 e. The maximum atomic E-state index is 13.4. The van der Waals surface area contributed by atoms with Crippen molar-refractivity contribution < 1.29 is 19.8 Å². The highest BCUT2D eigenvalue weighted by Crippen LogP contribution is 2.42. The number of ketones is 2. The fourth-order valence-corrected chi connectivity index (χ4v) is 3.18. The van der Waals surface area contributed by atoms with E-state index in [0.717, 1.165) is 0 Å². The van der Waals surface area contributed by atoms with Gasteiger partial charge < -0.3 is 30.6 Å². The Bertz CT molecular complexity index is 1020. The topological polar surface area (TPSA) is 105 Å². The summed E-state index contributed by atoms with van der Waals surface area (Å²) in [5.41, 5.74) is 0.193. The average molecular weight is 426 g/mol. The third kappa shape index (κ3) is 3.43. The van der Waals surface area contributed by atoms with Gasteiger partial charge in [0, 0.05) is 28.2 Å². The lowest BCUT2D eigenvalue weighted by molar-refractivity contribution is 0.0975. The first kappa shape index (κ1) is 21.1. The number of hydrogen-bond acceptors (Lipinski definition) is 7. The molecule has 0 spiro atoms. The summed E-state index contributed by atoms with van der Waals surface area (Å²) >= 11 is 5.24. The zero-order chi connectivity index (χ0) is 22.3. The summed E-state index contributed by atoms with van der Waals surface area (Å²) in [7, 11) is 6.99. The Kier molecular flexibility index (Phi) is 5.41. The number of fused-ring (bicyclic) bond motifs is 2. The molecule has 2 aromatic rings. The van der Waals surface area contributed by atoms with Crippen molar-refractivity contribution in [1.29, 1.82) is 0 Å². The molecular weight excluding hydrogens is 404 g/mol. The molecule has 0 fully saturated rings. The smallest absolute Gasteiger partial charge is 0.200 e. The minimum atomic E-state index is -0.601. The number of hydrogen-bond donors (Lipinski definition) is 4. The van der Waals surface area contributed by atoms with Gasteiger partial charge in [-0.25, -0.2) is 0 Å². The first-order chi connectivity index (χ1) is 14.0. The Balaban J connectivity index is 2.22. The van der Waals surface area contributed by atoms with Crippen LogP contribution in [-0.2, 0) is 0 Å². The molecule has 0 bridgehead atoms. The predicted molar refractivity (Wildman–Crippen MR) is 119 cm³/mol. The van der Waals surface area contributed by atoms with E-state index in [1.165, 1.54) is 24.3 Å². The normalized spacial score (nSPS) is 12.0. The molecule has 2 aromatic carbocycles. The number of nitrogens with one attached hydrogen (secondary N) is 2. The van der Waals surface area contributed by atoms with Crippen molar-refractivity contribution in [3.05, 3.63) is 58.9 Å². The molecule has 0 saturated carbocycles. The third-order valence-electron chi connectivity index (χ3n) is 4.74. The van der Waals surface area contributed by atoms with Crippen LogP contribution in [0, 0.1) is 0 Å². The van der Waals surface area contributed by atoms with E-state index >= 15 is 0 Å². The summed E-state index contributed by atoms with van der Waals surface area (Å²) in [4.78, 5) is 30.1. The number of benzene rings is 2. The van der Waals surface area contributed by atoms with Gasteiger partial charge in [-0.1, -0.05) is 6.58 Å². The standard InChI is InChI=1S/C21H22N4O4S/c1-10(24(2)3)22-11-6-8-13(26)17-15(11)19(28)18-14(27)9-7-12(16(18)20(17)29)23-21(30)25(4)5/h6-9,22,26-27H,1H2,2-5H3,(H,23,30). The van der Waals surface area contributed by atoms with Gasteiger partial charge in [-0.2, -0.15) is 0 Å². The van der Waals surface area contributed by atoms with Crippen LogP contribution < -0.4 is 10.6 Å². The number of carbonyl (C=O) groups is 2. The van der Waals surface area contributed by atoms with Crippen LogP contribution in [0.15, 0.2) is 36.7 Å². The van der Waals surface area contributed by atoms with Gasteiger partial charge in [-0.15, -0.1) is 0 Å². The summed E-state index contributed by atoms with van der Waals surface area (Å²) in [5, 5.41) is 27.0. The number of rotatable bonds is 4. The van der Waals surface area contributed by atoms with Crippen molar-refractivity contribution in [2.24, 2.45) is 0 Å². The first-order valence-electron chi connectivity index (χ1n) is 8.97. The van der Waals surface area contributed by atoms with E-state index in [2.05, 4.69) is 17.2 Å². The molecule has 9 heteroatoms. The highest BCUT2D eigenvalue weighted by atomic mass is 32.1. The summed E-state index contributed by atoms with van der Waals surface area (Å²) in [5.74, 6) is -1.39. The van der Waals surface area contributed by atoms with Crippen LogP contribution in [0.5, 0.6) is 11.5 Å². The highest BCUT2D eigenvalue weighted by Gasteiger charge is 2.38. The molecule has 0 aliphatic heterocycles. The van der Waals surface area contributed by atoms with Gasteiger partial charge in [-0.05, 0) is 36.5 Å². The van der Waals surface area contributed by atoms with Gasteiger partial charge >= 0.3 is 0 Å². The zero-order valence-electron chi connectivity index (χ0n) is 17.0. The van der Waals surface area contributed by atoms with Gasteiger partial charge in [0.25, 0.3) is 0 Å². The van der Waals surface area contributed by atoms with E-state index in [-0.39, 0.29) is 39.4 Å². The number of nitrogens with zero attached hydrogens (tertiary/aromatic N) is 2. The number of phenols is 2. The van der Waals surface area contributed by atoms with Crippen LogP contribution >= 0.6 is 12.2 Å². The molecule has 1 aliphatic rings. The van der Waals surface area contributed by atoms with Crippen LogP contribution in [0.3, 0.4) is 0 Å². The summed E-state index contributed by atoms with van der Waals surface area (Å²) in [6, 6.07) is 5.61. The van der Waals surface area contributed by atoms with Crippen LogP contribution in [0.1, 0.15) is 31.8 Å². The third-order valence-corrected chi connectivity index (χ3v) is 5.21. The second-order valence-corrected chi connectivity index (χ2v) is 7.60. The number of carbonyl (C=O) groups excluding carboxylic acids is 2. The molecule has 0 radical (unpaired) electrons. The molecule has 8 nitrogen and oxygen atoms in total. The van der Waals surface area contributed by atoms with E-state index < -0.39 is 11.6 Å². The Labute approximate surface area is 179 Å². The van der Waals surface area contributed by atoms with Crippen molar-refractivity contribution in [3.8, 4) is 11.5 Å². The molecular formula is C21H22N4O4S. The van der Waals surface area contributed by atoms with Crippen molar-refractivity contribution in [2.45, 2.75) is 0 Å². The quantitative estimate of drug-likeness (QED) is 0.370. The van der Waals surface area contributed by atoms with Crippen LogP contribution in [0.4, 0.5) is 11.4 Å². The van der Waals surface area contributed by atoms with Crippen LogP contribution in [0.25, 0.3) is 0 Å². The van der Waals surface area contributed by atoms with Crippen molar-refractivity contribution >= 4 is 40.3 Å². The summed E-state index contributed by atoms with van der Waals surface area (Å²) < 4.78 is 0. The number of anilines is 2. The molecule has 0 unspecified atom stereocenters. The Morgan fingerprint density at radius 2 is 1.23 bits per heavy atom. The molecule has 1 aliphatic carbocycles. The zero-order valence-corrected chi connectivity index (χ0v) is 17.8. The van der Waals surface area contributed by atoms with E-state index in [1.807, 2.05) is 0 Å². The number of thiocarbonyl (C=S) groups is 1. The second-order valence-electron chi connectivity index (χ2n) is 7.21. The maximum absolute atomic E-state index is 13.4. The Hall–Kier alpha value is -3.59. The molecule has 0 amide bonds. The Morgan fingerprint density at radius 3 is 1.63 bits per heavy atom. The average Bonchev–Trinajstić information content (AvgIpc) is 2.68. The summed E-state index contributed by atoms with van der Waals surface area (Å²) in [6.45, 7) is 3.87. The van der Waals surface area contributed by atoms with Crippen LogP contribution in [-0.4, -0.2) is 64.9 Å². The molecule has 0 atom stereocenters. The molecule has 30 heavy (non-hydrogen) atoms.